The van der Waals surface area contributed by atoms with Gasteiger partial charge in [0.2, 0.25) is 11.8 Å². The van der Waals surface area contributed by atoms with Crippen LogP contribution in [0, 0.1) is 11.6 Å². The van der Waals surface area contributed by atoms with Crippen molar-refractivity contribution < 1.29 is 13.2 Å². The first-order valence-electron chi connectivity index (χ1n) is 10.4. The predicted molar refractivity (Wildman–Crippen MR) is 110 cm³/mol. The molecule has 0 radical (unpaired) electrons. The average Bonchev–Trinajstić information content (AvgIpc) is 3.26. The summed E-state index contributed by atoms with van der Waals surface area (Å²) in [6.07, 6.45) is 0.727. The summed E-state index contributed by atoms with van der Waals surface area (Å²) in [5.41, 5.74) is 1.99. The van der Waals surface area contributed by atoms with Crippen LogP contribution in [0.4, 0.5) is 8.78 Å². The fourth-order valence-corrected chi connectivity index (χ4v) is 4.02. The number of aromatic nitrogens is 2. The molecule has 1 aromatic heterocycles. The molecular formula is C23H26F2N4O. The van der Waals surface area contributed by atoms with Crippen LogP contribution in [0.1, 0.15) is 48.8 Å². The van der Waals surface area contributed by atoms with E-state index in [9.17, 15) is 8.78 Å². The zero-order valence-corrected chi connectivity index (χ0v) is 17.3. The largest absolute Gasteiger partial charge is 0.424 e. The number of benzene rings is 2. The molecule has 0 amide bonds. The highest BCUT2D eigenvalue weighted by Gasteiger charge is 2.30. The van der Waals surface area contributed by atoms with Crippen LogP contribution in [0.15, 0.2) is 52.9 Å². The van der Waals surface area contributed by atoms with E-state index < -0.39 is 0 Å². The molecule has 2 heterocycles. The summed E-state index contributed by atoms with van der Waals surface area (Å²) in [6.45, 7) is 7.39. The second-order valence-electron chi connectivity index (χ2n) is 7.64. The Morgan fingerprint density at radius 2 is 1.33 bits per heavy atom. The lowest BCUT2D eigenvalue weighted by atomic mass is 9.96. The molecule has 158 valence electrons. The summed E-state index contributed by atoms with van der Waals surface area (Å²) < 4.78 is 32.7. The van der Waals surface area contributed by atoms with Crippen molar-refractivity contribution in [1.82, 2.24) is 20.0 Å². The minimum absolute atomic E-state index is 0.0510. The summed E-state index contributed by atoms with van der Waals surface area (Å²) in [5.74, 6) is 0.777. The predicted octanol–water partition coefficient (Wildman–Crippen LogP) is 4.38. The highest BCUT2D eigenvalue weighted by Crippen LogP contribution is 2.31. The van der Waals surface area contributed by atoms with Gasteiger partial charge in [0.05, 0.1) is 12.1 Å². The number of halogens is 2. The third kappa shape index (κ3) is 4.42. The number of hydrogen-bond donors (Lipinski definition) is 0. The van der Waals surface area contributed by atoms with Crippen LogP contribution in [0.25, 0.3) is 0 Å². The van der Waals surface area contributed by atoms with Crippen LogP contribution in [0.3, 0.4) is 0 Å². The molecule has 3 aromatic rings. The first-order chi connectivity index (χ1) is 14.5. The van der Waals surface area contributed by atoms with Crippen molar-refractivity contribution in [2.45, 2.75) is 32.4 Å². The van der Waals surface area contributed by atoms with Gasteiger partial charge in [-0.3, -0.25) is 9.80 Å². The van der Waals surface area contributed by atoms with E-state index >= 15 is 0 Å². The van der Waals surface area contributed by atoms with Crippen molar-refractivity contribution in [2.75, 3.05) is 26.2 Å². The van der Waals surface area contributed by atoms with Crippen LogP contribution in [-0.2, 0) is 6.42 Å². The molecule has 0 spiro atoms. The maximum atomic E-state index is 13.5. The lowest BCUT2D eigenvalue weighted by Gasteiger charge is -2.41. The van der Waals surface area contributed by atoms with Crippen molar-refractivity contribution in [3.05, 3.63) is 83.1 Å². The van der Waals surface area contributed by atoms with E-state index in [2.05, 4.69) is 26.9 Å². The number of hydrogen-bond acceptors (Lipinski definition) is 5. The third-order valence-electron chi connectivity index (χ3n) is 5.78. The number of piperazine rings is 1. The smallest absolute Gasteiger partial charge is 0.233 e. The Kier molecular flexibility index (Phi) is 6.20. The third-order valence-corrected chi connectivity index (χ3v) is 5.78. The second kappa shape index (κ2) is 9.02. The van der Waals surface area contributed by atoms with Gasteiger partial charge in [0.25, 0.3) is 0 Å². The summed E-state index contributed by atoms with van der Waals surface area (Å²) in [5, 5.41) is 8.26. The monoisotopic (exact) mass is 412 g/mol. The zero-order valence-electron chi connectivity index (χ0n) is 17.3. The van der Waals surface area contributed by atoms with E-state index in [1.54, 1.807) is 0 Å². The lowest BCUT2D eigenvalue weighted by Crippen LogP contribution is -2.48. The van der Waals surface area contributed by atoms with E-state index in [0.717, 1.165) is 43.7 Å². The fourth-order valence-electron chi connectivity index (χ4n) is 4.02. The molecular weight excluding hydrogens is 386 g/mol. The van der Waals surface area contributed by atoms with Gasteiger partial charge in [-0.05, 0) is 42.3 Å². The molecule has 5 nitrogen and oxygen atoms in total. The van der Waals surface area contributed by atoms with Gasteiger partial charge in [-0.2, -0.15) is 0 Å². The molecule has 4 rings (SSSR count). The maximum Gasteiger partial charge on any atom is 0.233 e. The molecule has 1 aliphatic rings. The number of nitrogens with zero attached hydrogens (tertiary/aromatic N) is 4. The van der Waals surface area contributed by atoms with E-state index in [0.29, 0.717) is 11.8 Å². The topological polar surface area (TPSA) is 45.4 Å². The molecule has 0 aliphatic carbocycles. The zero-order chi connectivity index (χ0) is 21.1. The summed E-state index contributed by atoms with van der Waals surface area (Å²) in [7, 11) is 0. The summed E-state index contributed by atoms with van der Waals surface area (Å²) >= 11 is 0. The van der Waals surface area contributed by atoms with Gasteiger partial charge in [0, 0.05) is 32.6 Å². The van der Waals surface area contributed by atoms with Gasteiger partial charge in [-0.15, -0.1) is 10.2 Å². The molecule has 1 atom stereocenters. The van der Waals surface area contributed by atoms with Gasteiger partial charge >= 0.3 is 0 Å². The lowest BCUT2D eigenvalue weighted by molar-refractivity contribution is 0.0745. The van der Waals surface area contributed by atoms with E-state index in [4.69, 9.17) is 4.42 Å². The number of aryl methyl sites for hydroxylation is 1. The Hall–Kier alpha value is -2.64. The van der Waals surface area contributed by atoms with Crippen LogP contribution in [0.2, 0.25) is 0 Å². The van der Waals surface area contributed by atoms with E-state index in [1.807, 2.05) is 31.2 Å². The maximum absolute atomic E-state index is 13.5. The SMILES string of the molecule is CCc1nnc(C(C)N2CCN(C(c3ccc(F)cc3)c3ccc(F)cc3)CC2)o1. The molecule has 1 unspecified atom stereocenters. The Morgan fingerprint density at radius 1 is 0.833 bits per heavy atom. The molecule has 1 saturated heterocycles. The molecule has 0 N–H and O–H groups in total. The van der Waals surface area contributed by atoms with Crippen LogP contribution >= 0.6 is 0 Å². The summed E-state index contributed by atoms with van der Waals surface area (Å²) in [4.78, 5) is 4.69. The second-order valence-corrected chi connectivity index (χ2v) is 7.64. The molecule has 30 heavy (non-hydrogen) atoms. The molecule has 1 fully saturated rings. The Bertz CT molecular complexity index is 905. The Labute approximate surface area is 175 Å². The van der Waals surface area contributed by atoms with Gasteiger partial charge in [-0.1, -0.05) is 31.2 Å². The van der Waals surface area contributed by atoms with Crippen LogP contribution in [0.5, 0.6) is 0 Å². The molecule has 1 aliphatic heterocycles. The van der Waals surface area contributed by atoms with E-state index in [1.165, 1.54) is 24.3 Å². The van der Waals surface area contributed by atoms with E-state index in [-0.39, 0.29) is 23.7 Å². The molecule has 0 saturated carbocycles. The molecule has 0 bridgehead atoms. The van der Waals surface area contributed by atoms with Gasteiger partial charge in [0.15, 0.2) is 0 Å². The number of rotatable bonds is 6. The fraction of sp³-hybridized carbons (Fsp3) is 0.391. The van der Waals surface area contributed by atoms with Gasteiger partial charge in [0.1, 0.15) is 11.6 Å². The highest BCUT2D eigenvalue weighted by molar-refractivity contribution is 5.32. The first-order valence-corrected chi connectivity index (χ1v) is 10.4. The summed E-state index contributed by atoms with van der Waals surface area (Å²) in [6, 6.07) is 13.1. The van der Waals surface area contributed by atoms with Crippen LogP contribution < -0.4 is 0 Å². The quantitative estimate of drug-likeness (QED) is 0.601. The molecule has 7 heteroatoms. The minimum atomic E-state index is -0.263. The van der Waals surface area contributed by atoms with Gasteiger partial charge in [-0.25, -0.2) is 8.78 Å². The standard InChI is InChI=1S/C23H26F2N4O/c1-3-21-26-27-23(30-21)16(2)28-12-14-29(15-13-28)22(17-4-8-19(24)9-5-17)18-6-10-20(25)11-7-18/h4-11,16,22H,3,12-15H2,1-2H3. The van der Waals surface area contributed by atoms with Crippen molar-refractivity contribution in [2.24, 2.45) is 0 Å². The van der Waals surface area contributed by atoms with Crippen molar-refractivity contribution in [1.29, 1.82) is 0 Å². The Balaban J connectivity index is 1.51. The normalized spacial score (nSPS) is 16.8. The van der Waals surface area contributed by atoms with Gasteiger partial charge < -0.3 is 4.42 Å². The van der Waals surface area contributed by atoms with Crippen LogP contribution in [-0.4, -0.2) is 46.2 Å². The first kappa shape index (κ1) is 20.6. The average molecular weight is 412 g/mol. The minimum Gasteiger partial charge on any atom is -0.424 e. The van der Waals surface area contributed by atoms with Crippen molar-refractivity contribution in [3.8, 4) is 0 Å². The highest BCUT2D eigenvalue weighted by atomic mass is 19.1. The van der Waals surface area contributed by atoms with Crippen molar-refractivity contribution in [3.63, 3.8) is 0 Å². The Morgan fingerprint density at radius 3 is 1.80 bits per heavy atom. The van der Waals surface area contributed by atoms with Crippen molar-refractivity contribution >= 4 is 0 Å². The molecule has 2 aromatic carbocycles.